The molecule has 3 nitrogen and oxygen atoms in total. The van der Waals surface area contributed by atoms with Crippen LogP contribution in [0.3, 0.4) is 0 Å². The number of halogens is 3. The molecule has 0 amide bonds. The first-order valence-electron chi connectivity index (χ1n) is 6.98. The average molecular weight is 375 g/mol. The fourth-order valence-electron chi connectivity index (χ4n) is 2.32. The van der Waals surface area contributed by atoms with Gasteiger partial charge in [0.15, 0.2) is 0 Å². The maximum atomic E-state index is 13.5. The van der Waals surface area contributed by atoms with Crippen molar-refractivity contribution in [2.24, 2.45) is 0 Å². The van der Waals surface area contributed by atoms with E-state index in [0.29, 0.717) is 9.50 Å². The molecule has 1 aromatic heterocycles. The van der Waals surface area contributed by atoms with Crippen molar-refractivity contribution in [3.8, 4) is 0 Å². The lowest BCUT2D eigenvalue weighted by atomic mass is 10.0. The molecule has 1 atom stereocenters. The van der Waals surface area contributed by atoms with E-state index in [1.54, 1.807) is 18.3 Å². The second-order valence-corrected chi connectivity index (χ2v) is 6.03. The molecule has 6 heteroatoms. The lowest BCUT2D eigenvalue weighted by Gasteiger charge is -2.21. The number of benzene rings is 1. The van der Waals surface area contributed by atoms with Crippen LogP contribution in [0, 0.1) is 5.82 Å². The van der Waals surface area contributed by atoms with Gasteiger partial charge in [0.25, 0.3) is 0 Å². The van der Waals surface area contributed by atoms with Gasteiger partial charge in [0.2, 0.25) is 0 Å². The van der Waals surface area contributed by atoms with Crippen LogP contribution in [0.5, 0.6) is 0 Å². The zero-order valence-electron chi connectivity index (χ0n) is 12.0. The van der Waals surface area contributed by atoms with E-state index in [1.165, 1.54) is 6.07 Å². The van der Waals surface area contributed by atoms with Crippen LogP contribution in [-0.4, -0.2) is 16.3 Å². The second-order valence-electron chi connectivity index (χ2n) is 4.77. The monoisotopic (exact) mass is 373 g/mol. The van der Waals surface area contributed by atoms with Crippen molar-refractivity contribution in [3.63, 3.8) is 0 Å². The molecule has 0 bridgehead atoms. The van der Waals surface area contributed by atoms with E-state index in [2.05, 4.69) is 33.3 Å². The van der Waals surface area contributed by atoms with Crippen LogP contribution < -0.4 is 5.32 Å². The summed E-state index contributed by atoms with van der Waals surface area (Å²) in [5.41, 5.74) is 1.86. The van der Waals surface area contributed by atoms with Crippen molar-refractivity contribution in [1.82, 2.24) is 15.1 Å². The Hall–Kier alpha value is -0.910. The summed E-state index contributed by atoms with van der Waals surface area (Å²) in [5.74, 6) is -0.276. The zero-order valence-corrected chi connectivity index (χ0v) is 14.4. The number of aryl methyl sites for hydroxylation is 1. The van der Waals surface area contributed by atoms with Gasteiger partial charge in [-0.2, -0.15) is 5.10 Å². The highest BCUT2D eigenvalue weighted by atomic mass is 79.9. The highest BCUT2D eigenvalue weighted by molar-refractivity contribution is 9.10. The molecule has 1 unspecified atom stereocenters. The van der Waals surface area contributed by atoms with Crippen LogP contribution >= 0.6 is 27.5 Å². The Morgan fingerprint density at radius 2 is 2.19 bits per heavy atom. The van der Waals surface area contributed by atoms with Crippen molar-refractivity contribution in [1.29, 1.82) is 0 Å². The van der Waals surface area contributed by atoms with Gasteiger partial charge in [-0.15, -0.1) is 0 Å². The standard InChI is InChI=1S/C15H18BrClFN3/c1-3-7-21-15(12(17)9-20-21)14(19-4-2)10-5-6-13(18)11(16)8-10/h5-6,8-9,14,19H,3-4,7H2,1-2H3. The molecule has 21 heavy (non-hydrogen) atoms. The Bertz CT molecular complexity index is 615. The number of nitrogens with one attached hydrogen (secondary N) is 1. The Morgan fingerprint density at radius 1 is 1.43 bits per heavy atom. The largest absolute Gasteiger partial charge is 0.305 e. The van der Waals surface area contributed by atoms with Crippen LogP contribution in [0.4, 0.5) is 4.39 Å². The summed E-state index contributed by atoms with van der Waals surface area (Å²) in [6.07, 6.45) is 2.63. The molecule has 0 spiro atoms. The van der Waals surface area contributed by atoms with E-state index >= 15 is 0 Å². The lowest BCUT2D eigenvalue weighted by molar-refractivity contribution is 0.519. The van der Waals surface area contributed by atoms with Crippen molar-refractivity contribution in [2.45, 2.75) is 32.9 Å². The third-order valence-corrected chi connectivity index (χ3v) is 4.13. The van der Waals surface area contributed by atoms with E-state index < -0.39 is 0 Å². The van der Waals surface area contributed by atoms with Crippen molar-refractivity contribution >= 4 is 27.5 Å². The summed E-state index contributed by atoms with van der Waals surface area (Å²) < 4.78 is 15.8. The normalized spacial score (nSPS) is 12.6. The summed E-state index contributed by atoms with van der Waals surface area (Å²) in [6.45, 7) is 5.69. The van der Waals surface area contributed by atoms with E-state index in [1.807, 2.05) is 11.6 Å². The summed E-state index contributed by atoms with van der Waals surface area (Å²) in [7, 11) is 0. The molecule has 2 aromatic rings. The van der Waals surface area contributed by atoms with Gasteiger partial charge in [0, 0.05) is 6.54 Å². The molecule has 0 aliphatic rings. The molecule has 0 fully saturated rings. The van der Waals surface area contributed by atoms with Crippen LogP contribution in [-0.2, 0) is 6.54 Å². The van der Waals surface area contributed by atoms with Gasteiger partial charge in [-0.1, -0.05) is 31.5 Å². The summed E-state index contributed by atoms with van der Waals surface area (Å²) >= 11 is 9.56. The fraction of sp³-hybridized carbons (Fsp3) is 0.400. The van der Waals surface area contributed by atoms with Gasteiger partial charge in [-0.05, 0) is 46.6 Å². The molecule has 0 aliphatic heterocycles. The van der Waals surface area contributed by atoms with Gasteiger partial charge in [0.1, 0.15) is 5.82 Å². The number of hydrogen-bond acceptors (Lipinski definition) is 2. The first-order valence-corrected chi connectivity index (χ1v) is 8.15. The van der Waals surface area contributed by atoms with Gasteiger partial charge in [-0.3, -0.25) is 4.68 Å². The van der Waals surface area contributed by atoms with E-state index in [0.717, 1.165) is 30.8 Å². The summed E-state index contributed by atoms with van der Waals surface area (Å²) in [5, 5.41) is 8.35. The van der Waals surface area contributed by atoms with Gasteiger partial charge in [0.05, 0.1) is 27.4 Å². The average Bonchev–Trinajstić information content (AvgIpc) is 2.81. The van der Waals surface area contributed by atoms with E-state index in [-0.39, 0.29) is 11.9 Å². The second kappa shape index (κ2) is 7.38. The van der Waals surface area contributed by atoms with Gasteiger partial charge in [-0.25, -0.2) is 4.39 Å². The highest BCUT2D eigenvalue weighted by Gasteiger charge is 2.22. The highest BCUT2D eigenvalue weighted by Crippen LogP contribution is 2.30. The summed E-state index contributed by atoms with van der Waals surface area (Å²) in [4.78, 5) is 0. The Kier molecular flexibility index (Phi) is 5.79. The smallest absolute Gasteiger partial charge is 0.137 e. The van der Waals surface area contributed by atoms with Crippen LogP contribution in [0.1, 0.15) is 37.6 Å². The molecule has 1 heterocycles. The molecule has 2 rings (SSSR count). The van der Waals surface area contributed by atoms with Crippen LogP contribution in [0.25, 0.3) is 0 Å². The molecular weight excluding hydrogens is 357 g/mol. The minimum atomic E-state index is -0.276. The van der Waals surface area contributed by atoms with Crippen LogP contribution in [0.2, 0.25) is 5.02 Å². The molecule has 0 saturated heterocycles. The van der Waals surface area contributed by atoms with E-state index in [4.69, 9.17) is 11.6 Å². The number of aromatic nitrogens is 2. The van der Waals surface area contributed by atoms with Gasteiger partial charge >= 0.3 is 0 Å². The third kappa shape index (κ3) is 3.65. The molecule has 0 aliphatic carbocycles. The maximum Gasteiger partial charge on any atom is 0.137 e. The van der Waals surface area contributed by atoms with Gasteiger partial charge < -0.3 is 5.32 Å². The third-order valence-electron chi connectivity index (χ3n) is 3.23. The lowest BCUT2D eigenvalue weighted by Crippen LogP contribution is -2.25. The number of nitrogens with zero attached hydrogens (tertiary/aromatic N) is 2. The fourth-order valence-corrected chi connectivity index (χ4v) is 2.96. The molecule has 1 N–H and O–H groups in total. The molecule has 0 radical (unpaired) electrons. The predicted molar refractivity (Wildman–Crippen MR) is 87.1 cm³/mol. The Balaban J connectivity index is 2.47. The van der Waals surface area contributed by atoms with E-state index in [9.17, 15) is 4.39 Å². The van der Waals surface area contributed by atoms with Crippen molar-refractivity contribution < 1.29 is 4.39 Å². The van der Waals surface area contributed by atoms with Crippen molar-refractivity contribution in [2.75, 3.05) is 6.54 Å². The number of hydrogen-bond donors (Lipinski definition) is 1. The summed E-state index contributed by atoms with van der Waals surface area (Å²) in [6, 6.07) is 4.89. The Morgan fingerprint density at radius 3 is 2.81 bits per heavy atom. The molecular formula is C15H18BrClFN3. The zero-order chi connectivity index (χ0) is 15.4. The predicted octanol–water partition coefficient (Wildman–Crippen LogP) is 4.55. The molecule has 114 valence electrons. The molecule has 0 saturated carbocycles. The molecule has 1 aromatic carbocycles. The minimum Gasteiger partial charge on any atom is -0.305 e. The number of rotatable bonds is 6. The first-order chi connectivity index (χ1) is 10.1. The maximum absolute atomic E-state index is 13.5. The Labute approximate surface area is 137 Å². The topological polar surface area (TPSA) is 29.9 Å². The van der Waals surface area contributed by atoms with Crippen molar-refractivity contribution in [3.05, 3.63) is 51.0 Å². The SMILES string of the molecule is CCCn1ncc(Cl)c1C(NCC)c1ccc(F)c(Br)c1. The quantitative estimate of drug-likeness (QED) is 0.804. The first kappa shape index (κ1) is 16.5. The minimum absolute atomic E-state index is 0.117. The van der Waals surface area contributed by atoms with Crippen LogP contribution in [0.15, 0.2) is 28.9 Å².